The predicted octanol–water partition coefficient (Wildman–Crippen LogP) is 4.40. The molecule has 1 saturated carbocycles. The van der Waals surface area contributed by atoms with Gasteiger partial charge in [-0.05, 0) is 102 Å². The number of carbonyl (C=O) groups is 1. The second kappa shape index (κ2) is 12.6. The average Bonchev–Trinajstić information content (AvgIpc) is 3.35. The summed E-state index contributed by atoms with van der Waals surface area (Å²) in [5.41, 5.74) is -1.18. The number of rotatable bonds is 11. The van der Waals surface area contributed by atoms with Crippen LogP contribution in [0.2, 0.25) is 0 Å². The highest BCUT2D eigenvalue weighted by atomic mass is 32.2. The van der Waals surface area contributed by atoms with Crippen LogP contribution >= 0.6 is 22.9 Å². The number of nitrogens with one attached hydrogen (secondary N) is 1. The van der Waals surface area contributed by atoms with E-state index < -0.39 is 49.4 Å². The van der Waals surface area contributed by atoms with Gasteiger partial charge in [-0.1, -0.05) is 0 Å². The molecule has 4 atom stereocenters. The summed E-state index contributed by atoms with van der Waals surface area (Å²) in [6.45, 7) is 5.72. The molecule has 7 rings (SSSR count). The first-order valence-corrected chi connectivity index (χ1v) is 19.5. The largest absolute Gasteiger partial charge is 0.496 e. The lowest BCUT2D eigenvalue weighted by Crippen LogP contribution is -2.57. The Balaban J connectivity index is 1.40. The summed E-state index contributed by atoms with van der Waals surface area (Å²) in [5, 5.41) is 0.145. The van der Waals surface area contributed by atoms with Gasteiger partial charge in [0, 0.05) is 5.56 Å². The van der Waals surface area contributed by atoms with Crippen LogP contribution in [0.25, 0.3) is 20.9 Å². The van der Waals surface area contributed by atoms with Gasteiger partial charge < -0.3 is 14.2 Å². The van der Waals surface area contributed by atoms with Gasteiger partial charge in [-0.3, -0.25) is 18.9 Å². The third kappa shape index (κ3) is 5.99. The highest BCUT2D eigenvalue weighted by Gasteiger charge is 2.52. The second-order valence-corrected chi connectivity index (χ2v) is 17.8. The van der Waals surface area contributed by atoms with Gasteiger partial charge in [0.1, 0.15) is 33.6 Å². The van der Waals surface area contributed by atoms with Crippen LogP contribution in [0.3, 0.4) is 0 Å². The number of aryl methyl sites for hydroxylation is 1. The SMILES string of the molecule is COc1ccc(F)cc1[C@H](Cn1c(=O)n(C(C)(C)C(=O)NS(=O)(=O)C2(C)CC2)c(=O)c2c(C)c(-c3ncsn3)sc21)O[C@@H]1C[C@H]2CC[C@@H](C1)O2. The molecular weight excluding hydrogens is 710 g/mol. The molecule has 0 unspecified atom stereocenters. The Morgan fingerprint density at radius 2 is 1.92 bits per heavy atom. The summed E-state index contributed by atoms with van der Waals surface area (Å²) in [5.74, 6) is -0.840. The minimum atomic E-state index is -4.09. The van der Waals surface area contributed by atoms with Gasteiger partial charge in [0.25, 0.3) is 11.5 Å². The lowest BCUT2D eigenvalue weighted by Gasteiger charge is -2.33. The maximum atomic E-state index is 14.9. The Bertz CT molecular complexity index is 2200. The fourth-order valence-electron chi connectivity index (χ4n) is 6.89. The molecule has 50 heavy (non-hydrogen) atoms. The molecule has 2 bridgehead atoms. The third-order valence-corrected chi connectivity index (χ3v) is 14.2. The molecule has 1 N–H and O–H groups in total. The van der Waals surface area contributed by atoms with Crippen molar-refractivity contribution in [2.75, 3.05) is 7.11 Å². The van der Waals surface area contributed by atoms with Gasteiger partial charge in [0.05, 0.1) is 47.0 Å². The molecule has 3 aromatic heterocycles. The van der Waals surface area contributed by atoms with Crippen LogP contribution in [0.5, 0.6) is 5.75 Å². The van der Waals surface area contributed by atoms with Crippen molar-refractivity contribution in [1.82, 2.24) is 23.2 Å². The Labute approximate surface area is 295 Å². The van der Waals surface area contributed by atoms with Crippen LogP contribution in [-0.4, -0.2) is 63.0 Å². The maximum absolute atomic E-state index is 14.9. The number of amides is 1. The highest BCUT2D eigenvalue weighted by molar-refractivity contribution is 7.91. The molecule has 1 aliphatic carbocycles. The lowest BCUT2D eigenvalue weighted by atomic mass is 10.0. The van der Waals surface area contributed by atoms with Crippen molar-refractivity contribution in [1.29, 1.82) is 0 Å². The van der Waals surface area contributed by atoms with E-state index in [-0.39, 0.29) is 35.1 Å². The molecule has 0 radical (unpaired) electrons. The number of hydrogen-bond acceptors (Lipinski definition) is 12. The molecule has 3 aliphatic rings. The average molecular weight is 748 g/mol. The van der Waals surface area contributed by atoms with E-state index in [1.165, 1.54) is 50.6 Å². The number of ether oxygens (including phenoxy) is 3. The number of carbonyl (C=O) groups excluding carboxylic acids is 1. The first kappa shape index (κ1) is 34.9. The zero-order chi connectivity index (χ0) is 35.7. The third-order valence-electron chi connectivity index (χ3n) is 10.2. The maximum Gasteiger partial charge on any atom is 0.333 e. The van der Waals surface area contributed by atoms with Crippen LogP contribution in [0.15, 0.2) is 33.3 Å². The zero-order valence-corrected chi connectivity index (χ0v) is 30.7. The summed E-state index contributed by atoms with van der Waals surface area (Å²) in [4.78, 5) is 48.1. The molecule has 2 saturated heterocycles. The van der Waals surface area contributed by atoms with Gasteiger partial charge >= 0.3 is 5.69 Å². The van der Waals surface area contributed by atoms with Crippen molar-refractivity contribution in [3.8, 4) is 16.5 Å². The summed E-state index contributed by atoms with van der Waals surface area (Å²) >= 11 is 2.28. The summed E-state index contributed by atoms with van der Waals surface area (Å²) in [6.07, 6.45) is 2.69. The van der Waals surface area contributed by atoms with E-state index in [1.54, 1.807) is 12.4 Å². The number of halogens is 1. The Morgan fingerprint density at radius 3 is 2.54 bits per heavy atom. The first-order chi connectivity index (χ1) is 23.6. The molecule has 268 valence electrons. The van der Waals surface area contributed by atoms with E-state index in [4.69, 9.17) is 14.2 Å². The number of hydrogen-bond donors (Lipinski definition) is 1. The topological polar surface area (TPSA) is 161 Å². The standard InChI is InChI=1S/C33H38FN5O8S3/c1-17-25-28(40)39(32(2,3)30(41)37-50(43,44)33(4)10-11-33)31(42)38(29(25)49-26(17)27-35-16-48-36-27)15-24(22-12-18(34)6-9-23(22)45-5)47-21-13-19-7-8-20(14-21)46-19/h6,9,12,16,19-21,24H,7-8,10-11,13-15H2,1-5H3,(H,37,41)/t19-,20+,21-,24-/m0/s1. The molecule has 4 aromatic rings. The zero-order valence-electron chi connectivity index (χ0n) is 28.2. The van der Waals surface area contributed by atoms with Gasteiger partial charge in [-0.15, -0.1) is 11.3 Å². The number of nitrogens with zero attached hydrogens (tertiary/aromatic N) is 4. The van der Waals surface area contributed by atoms with Crippen molar-refractivity contribution in [3.63, 3.8) is 0 Å². The van der Waals surface area contributed by atoms with Gasteiger partial charge in [-0.25, -0.2) is 27.2 Å². The molecule has 1 aromatic carbocycles. The summed E-state index contributed by atoms with van der Waals surface area (Å²) in [7, 11) is -2.63. The molecule has 17 heteroatoms. The smallest absolute Gasteiger partial charge is 0.333 e. The molecular formula is C33H38FN5O8S3. The van der Waals surface area contributed by atoms with Crippen molar-refractivity contribution in [2.24, 2.45) is 0 Å². The van der Waals surface area contributed by atoms with Crippen molar-refractivity contribution >= 4 is 49.0 Å². The van der Waals surface area contributed by atoms with E-state index in [0.717, 1.165) is 40.3 Å². The number of methoxy groups -OCH3 is 1. The Kier molecular flexibility index (Phi) is 8.81. The summed E-state index contributed by atoms with van der Waals surface area (Å²) < 4.78 is 67.0. The monoisotopic (exact) mass is 747 g/mol. The number of aromatic nitrogens is 4. The van der Waals surface area contributed by atoms with Gasteiger partial charge in [0.15, 0.2) is 5.82 Å². The van der Waals surface area contributed by atoms with E-state index in [1.807, 2.05) is 0 Å². The van der Waals surface area contributed by atoms with Gasteiger partial charge in [0.2, 0.25) is 10.0 Å². The number of fused-ring (bicyclic) bond motifs is 3. The van der Waals surface area contributed by atoms with Gasteiger partial charge in [-0.2, -0.15) is 4.37 Å². The number of sulfonamides is 1. The van der Waals surface area contributed by atoms with Crippen molar-refractivity contribution < 1.29 is 31.8 Å². The fourth-order valence-corrected chi connectivity index (χ4v) is 10.0. The molecule has 5 heterocycles. The van der Waals surface area contributed by atoms with Crippen LogP contribution in [-0.2, 0) is 36.4 Å². The van der Waals surface area contributed by atoms with Crippen molar-refractivity contribution in [2.45, 2.75) is 107 Å². The van der Waals surface area contributed by atoms with Crippen molar-refractivity contribution in [3.05, 3.63) is 61.5 Å². The second-order valence-electron chi connectivity index (χ2n) is 14.0. The van der Waals surface area contributed by atoms with E-state index in [0.29, 0.717) is 53.3 Å². The molecule has 13 nitrogen and oxygen atoms in total. The van der Waals surface area contributed by atoms with E-state index in [2.05, 4.69) is 14.1 Å². The minimum Gasteiger partial charge on any atom is -0.496 e. The highest BCUT2D eigenvalue weighted by Crippen LogP contribution is 2.43. The molecule has 0 spiro atoms. The number of thiophene rings is 1. The Hall–Kier alpha value is -3.51. The predicted molar refractivity (Wildman–Crippen MR) is 186 cm³/mol. The van der Waals surface area contributed by atoms with Crippen LogP contribution < -0.4 is 20.7 Å². The van der Waals surface area contributed by atoms with Crippen LogP contribution in [0.1, 0.15) is 76.5 Å². The quantitative estimate of drug-likeness (QED) is 0.233. The molecule has 1 amide bonds. The van der Waals surface area contributed by atoms with E-state index >= 15 is 0 Å². The lowest BCUT2D eigenvalue weighted by molar-refractivity contribution is -0.126. The van der Waals surface area contributed by atoms with E-state index in [9.17, 15) is 27.2 Å². The number of benzene rings is 1. The summed E-state index contributed by atoms with van der Waals surface area (Å²) in [6, 6.07) is 4.07. The Morgan fingerprint density at radius 1 is 1.22 bits per heavy atom. The molecule has 3 fully saturated rings. The van der Waals surface area contributed by atoms with Crippen LogP contribution in [0, 0.1) is 12.7 Å². The fraction of sp³-hybridized carbons (Fsp3) is 0.545. The first-order valence-electron chi connectivity index (χ1n) is 16.4. The minimum absolute atomic E-state index is 0.0340. The molecule has 2 aliphatic heterocycles. The normalized spacial score (nSPS) is 22.1. The van der Waals surface area contributed by atoms with Crippen LogP contribution in [0.4, 0.5) is 4.39 Å².